The van der Waals surface area contributed by atoms with Crippen LogP contribution in [0.1, 0.15) is 19.8 Å². The molecule has 5 nitrogen and oxygen atoms in total. The predicted octanol–water partition coefficient (Wildman–Crippen LogP) is 2.02. The van der Waals surface area contributed by atoms with Crippen LogP contribution in [-0.4, -0.2) is 33.7 Å². The number of nitrogens with zero attached hydrogens (tertiary/aromatic N) is 1. The van der Waals surface area contributed by atoms with Crippen molar-refractivity contribution in [3.05, 3.63) is 29.3 Å². The lowest BCUT2D eigenvalue weighted by molar-refractivity contribution is -0.121. The van der Waals surface area contributed by atoms with Crippen LogP contribution in [0.3, 0.4) is 0 Å². The summed E-state index contributed by atoms with van der Waals surface area (Å²) in [6.07, 6.45) is 2.33. The molecule has 1 amide bonds. The molecule has 0 saturated heterocycles. The van der Waals surface area contributed by atoms with Crippen LogP contribution in [0.2, 0.25) is 5.02 Å². The number of carbonyl (C=O) groups excluding carboxylic acids is 1. The number of sulfonamides is 1. The number of anilines is 1. The number of nitrogens with one attached hydrogen (secondary N) is 1. The molecule has 1 rings (SSSR count). The summed E-state index contributed by atoms with van der Waals surface area (Å²) in [7, 11) is -3.42. The molecule has 0 aliphatic carbocycles. The van der Waals surface area contributed by atoms with Crippen molar-refractivity contribution < 1.29 is 13.2 Å². The molecule has 20 heavy (non-hydrogen) atoms. The van der Waals surface area contributed by atoms with E-state index in [1.54, 1.807) is 24.3 Å². The third-order valence-electron chi connectivity index (χ3n) is 2.61. The van der Waals surface area contributed by atoms with Gasteiger partial charge in [-0.3, -0.25) is 9.10 Å². The molecule has 0 unspecified atom stereocenters. The Balaban J connectivity index is 2.75. The summed E-state index contributed by atoms with van der Waals surface area (Å²) in [4.78, 5) is 11.4. The maximum Gasteiger partial charge on any atom is 0.232 e. The molecule has 0 saturated carbocycles. The van der Waals surface area contributed by atoms with Gasteiger partial charge in [-0.2, -0.15) is 0 Å². The first-order valence-corrected chi connectivity index (χ1v) is 8.57. The average Bonchev–Trinajstić information content (AvgIpc) is 2.33. The standard InChI is InChI=1S/C13H19ClN2O3S/c1-3-5-13(17)15-8-9-16(20(2,18)19)12-7-4-6-11(14)10-12/h4,6-7,10H,3,5,8-9H2,1-2H3,(H,15,17). The Hall–Kier alpha value is -1.27. The molecular weight excluding hydrogens is 300 g/mol. The summed E-state index contributed by atoms with van der Waals surface area (Å²) in [6.45, 7) is 2.35. The van der Waals surface area contributed by atoms with Crippen molar-refractivity contribution in [2.75, 3.05) is 23.7 Å². The third-order valence-corrected chi connectivity index (χ3v) is 4.04. The summed E-state index contributed by atoms with van der Waals surface area (Å²) >= 11 is 5.87. The van der Waals surface area contributed by atoms with Crippen LogP contribution in [0.4, 0.5) is 5.69 Å². The van der Waals surface area contributed by atoms with Gasteiger partial charge in [0.2, 0.25) is 15.9 Å². The molecule has 0 aliphatic rings. The van der Waals surface area contributed by atoms with Gasteiger partial charge in [-0.15, -0.1) is 0 Å². The lowest BCUT2D eigenvalue weighted by atomic mass is 10.3. The van der Waals surface area contributed by atoms with Gasteiger partial charge in [0.05, 0.1) is 18.5 Å². The number of rotatable bonds is 7. The molecule has 0 radical (unpaired) electrons. The van der Waals surface area contributed by atoms with Crippen LogP contribution in [0, 0.1) is 0 Å². The fourth-order valence-electron chi connectivity index (χ4n) is 1.73. The Labute approximate surface area is 125 Å². The van der Waals surface area contributed by atoms with Crippen molar-refractivity contribution in [2.45, 2.75) is 19.8 Å². The highest BCUT2D eigenvalue weighted by Crippen LogP contribution is 2.21. The van der Waals surface area contributed by atoms with Crippen molar-refractivity contribution in [3.63, 3.8) is 0 Å². The number of halogens is 1. The van der Waals surface area contributed by atoms with Crippen LogP contribution in [0.15, 0.2) is 24.3 Å². The van der Waals surface area contributed by atoms with Crippen molar-refractivity contribution in [1.82, 2.24) is 5.32 Å². The van der Waals surface area contributed by atoms with E-state index < -0.39 is 10.0 Å². The molecule has 0 atom stereocenters. The van der Waals surface area contributed by atoms with Crippen molar-refractivity contribution in [3.8, 4) is 0 Å². The number of hydrogen-bond acceptors (Lipinski definition) is 3. The Morgan fingerprint density at radius 1 is 1.40 bits per heavy atom. The van der Waals surface area contributed by atoms with Crippen LogP contribution in [0.5, 0.6) is 0 Å². The van der Waals surface area contributed by atoms with E-state index in [4.69, 9.17) is 11.6 Å². The SMILES string of the molecule is CCCC(=O)NCCN(c1cccc(Cl)c1)S(C)(=O)=O. The number of hydrogen-bond donors (Lipinski definition) is 1. The average molecular weight is 319 g/mol. The highest BCUT2D eigenvalue weighted by atomic mass is 35.5. The Morgan fingerprint density at radius 2 is 2.10 bits per heavy atom. The van der Waals surface area contributed by atoms with E-state index in [9.17, 15) is 13.2 Å². The minimum Gasteiger partial charge on any atom is -0.354 e. The molecule has 7 heteroatoms. The molecule has 0 spiro atoms. The number of amides is 1. The van der Waals surface area contributed by atoms with E-state index in [1.807, 2.05) is 6.92 Å². The summed E-state index contributed by atoms with van der Waals surface area (Å²) in [5.74, 6) is -0.0768. The minimum absolute atomic E-state index is 0.0768. The summed E-state index contributed by atoms with van der Waals surface area (Å²) in [6, 6.07) is 6.61. The van der Waals surface area contributed by atoms with E-state index in [1.165, 1.54) is 4.31 Å². The van der Waals surface area contributed by atoms with E-state index in [0.29, 0.717) is 17.1 Å². The smallest absolute Gasteiger partial charge is 0.232 e. The summed E-state index contributed by atoms with van der Waals surface area (Å²) < 4.78 is 24.9. The minimum atomic E-state index is -3.42. The molecule has 0 fully saturated rings. The maximum absolute atomic E-state index is 11.8. The van der Waals surface area contributed by atoms with Gasteiger partial charge in [0, 0.05) is 18.0 Å². The topological polar surface area (TPSA) is 66.5 Å². The van der Waals surface area contributed by atoms with Crippen LogP contribution in [-0.2, 0) is 14.8 Å². The quantitative estimate of drug-likeness (QED) is 0.836. The second-order valence-electron chi connectivity index (χ2n) is 4.41. The van der Waals surface area contributed by atoms with E-state index in [0.717, 1.165) is 12.7 Å². The Kier molecular flexibility index (Phi) is 6.29. The Morgan fingerprint density at radius 3 is 2.65 bits per heavy atom. The van der Waals surface area contributed by atoms with Gasteiger partial charge < -0.3 is 5.32 Å². The molecule has 1 aromatic rings. The van der Waals surface area contributed by atoms with Gasteiger partial charge in [0.1, 0.15) is 0 Å². The lowest BCUT2D eigenvalue weighted by Crippen LogP contribution is -2.38. The molecule has 1 aromatic carbocycles. The molecule has 0 aromatic heterocycles. The molecular formula is C13H19ClN2O3S. The second-order valence-corrected chi connectivity index (χ2v) is 6.76. The first-order chi connectivity index (χ1) is 9.34. The van der Waals surface area contributed by atoms with Gasteiger partial charge in [0.15, 0.2) is 0 Å². The number of benzene rings is 1. The lowest BCUT2D eigenvalue weighted by Gasteiger charge is -2.22. The molecule has 0 bridgehead atoms. The van der Waals surface area contributed by atoms with E-state index in [-0.39, 0.29) is 19.0 Å². The predicted molar refractivity (Wildman–Crippen MR) is 81.6 cm³/mol. The summed E-state index contributed by atoms with van der Waals surface area (Å²) in [5.41, 5.74) is 0.491. The normalized spacial score (nSPS) is 11.2. The number of carbonyl (C=O) groups is 1. The van der Waals surface area contributed by atoms with Gasteiger partial charge in [-0.05, 0) is 24.6 Å². The molecule has 112 valence electrons. The van der Waals surface area contributed by atoms with E-state index >= 15 is 0 Å². The van der Waals surface area contributed by atoms with Crippen LogP contribution in [0.25, 0.3) is 0 Å². The second kappa shape index (κ2) is 7.50. The van der Waals surface area contributed by atoms with Crippen LogP contribution < -0.4 is 9.62 Å². The first-order valence-electron chi connectivity index (χ1n) is 6.34. The monoisotopic (exact) mass is 318 g/mol. The highest BCUT2D eigenvalue weighted by Gasteiger charge is 2.17. The van der Waals surface area contributed by atoms with Crippen molar-refractivity contribution in [1.29, 1.82) is 0 Å². The largest absolute Gasteiger partial charge is 0.354 e. The van der Waals surface area contributed by atoms with Gasteiger partial charge in [0.25, 0.3) is 0 Å². The van der Waals surface area contributed by atoms with Gasteiger partial charge in [-0.25, -0.2) is 8.42 Å². The molecule has 1 N–H and O–H groups in total. The zero-order chi connectivity index (χ0) is 15.2. The van der Waals surface area contributed by atoms with Crippen LogP contribution >= 0.6 is 11.6 Å². The molecule has 0 aliphatic heterocycles. The fourth-order valence-corrected chi connectivity index (χ4v) is 2.83. The summed E-state index contributed by atoms with van der Waals surface area (Å²) in [5, 5.41) is 3.16. The Bertz CT molecular complexity index is 560. The van der Waals surface area contributed by atoms with Gasteiger partial charge >= 0.3 is 0 Å². The first kappa shape index (κ1) is 16.8. The zero-order valence-electron chi connectivity index (χ0n) is 11.6. The van der Waals surface area contributed by atoms with Crippen molar-refractivity contribution in [2.24, 2.45) is 0 Å². The zero-order valence-corrected chi connectivity index (χ0v) is 13.2. The third kappa shape index (κ3) is 5.38. The van der Waals surface area contributed by atoms with E-state index in [2.05, 4.69) is 5.32 Å². The molecule has 0 heterocycles. The van der Waals surface area contributed by atoms with Crippen molar-refractivity contribution >= 4 is 33.2 Å². The van der Waals surface area contributed by atoms with Gasteiger partial charge in [-0.1, -0.05) is 24.6 Å². The highest BCUT2D eigenvalue weighted by molar-refractivity contribution is 7.92. The fraction of sp³-hybridized carbons (Fsp3) is 0.462. The maximum atomic E-state index is 11.8.